The number of carbonyl (C=O) groups excluding carboxylic acids is 1. The molecular weight excluding hydrogens is 206 g/mol. The molecule has 64 valence electrons. The van der Waals surface area contributed by atoms with Crippen LogP contribution in [0.5, 0.6) is 0 Å². The summed E-state index contributed by atoms with van der Waals surface area (Å²) in [5.74, 6) is 0.989. The number of amides is 1. The summed E-state index contributed by atoms with van der Waals surface area (Å²) in [5, 5.41) is 3.74. The van der Waals surface area contributed by atoms with Gasteiger partial charge in [-0.1, -0.05) is 22.9 Å². The molecule has 1 fully saturated rings. The van der Waals surface area contributed by atoms with Gasteiger partial charge in [0.1, 0.15) is 0 Å². The molecule has 0 radical (unpaired) electrons. The molecule has 1 saturated carbocycles. The van der Waals surface area contributed by atoms with Crippen LogP contribution in [0.4, 0.5) is 0 Å². The first-order valence-corrected chi connectivity index (χ1v) is 5.20. The Morgan fingerprint density at radius 3 is 2.73 bits per heavy atom. The molecule has 0 atom stereocenters. The van der Waals surface area contributed by atoms with E-state index >= 15 is 0 Å². The number of alkyl halides is 1. The van der Waals surface area contributed by atoms with Crippen molar-refractivity contribution in [3.05, 3.63) is 0 Å². The van der Waals surface area contributed by atoms with Crippen molar-refractivity contribution >= 4 is 21.8 Å². The van der Waals surface area contributed by atoms with Crippen molar-refractivity contribution in [1.82, 2.24) is 5.32 Å². The van der Waals surface area contributed by atoms with Crippen LogP contribution in [0.2, 0.25) is 0 Å². The van der Waals surface area contributed by atoms with Crippen LogP contribution in [-0.2, 0) is 4.79 Å². The summed E-state index contributed by atoms with van der Waals surface area (Å²) in [6, 6.07) is 0.469. The fourth-order valence-electron chi connectivity index (χ4n) is 1.41. The van der Waals surface area contributed by atoms with Crippen LogP contribution < -0.4 is 5.32 Å². The van der Waals surface area contributed by atoms with E-state index < -0.39 is 0 Å². The maximum atomic E-state index is 11.0. The van der Waals surface area contributed by atoms with Crippen molar-refractivity contribution in [3.8, 4) is 0 Å². The molecule has 0 heterocycles. The normalized spacial score (nSPS) is 29.3. The second-order valence-electron chi connectivity index (χ2n) is 3.28. The van der Waals surface area contributed by atoms with E-state index in [2.05, 4.69) is 28.2 Å². The summed E-state index contributed by atoms with van der Waals surface area (Å²) in [4.78, 5) is 11.0. The van der Waals surface area contributed by atoms with E-state index in [-0.39, 0.29) is 5.91 Å². The van der Waals surface area contributed by atoms with Gasteiger partial charge in [-0.25, -0.2) is 0 Å². The van der Waals surface area contributed by atoms with Crippen LogP contribution >= 0.6 is 15.9 Å². The van der Waals surface area contributed by atoms with E-state index in [9.17, 15) is 4.79 Å². The first-order chi connectivity index (χ1) is 5.22. The topological polar surface area (TPSA) is 29.1 Å². The highest BCUT2D eigenvalue weighted by atomic mass is 79.9. The quantitative estimate of drug-likeness (QED) is 0.720. The summed E-state index contributed by atoms with van der Waals surface area (Å²) in [7, 11) is 0. The molecule has 0 aromatic carbocycles. The molecule has 0 unspecified atom stereocenters. The number of hydrogen-bond acceptors (Lipinski definition) is 1. The number of halogens is 1. The van der Waals surface area contributed by atoms with Gasteiger partial charge in [0.05, 0.1) is 0 Å². The van der Waals surface area contributed by atoms with Gasteiger partial charge in [0, 0.05) is 17.8 Å². The average molecular weight is 220 g/mol. The Morgan fingerprint density at radius 1 is 1.64 bits per heavy atom. The first-order valence-electron chi connectivity index (χ1n) is 4.07. The van der Waals surface area contributed by atoms with Crippen molar-refractivity contribution < 1.29 is 4.79 Å². The molecule has 0 saturated heterocycles. The van der Waals surface area contributed by atoms with Gasteiger partial charge in [-0.2, -0.15) is 0 Å². The van der Waals surface area contributed by atoms with Crippen molar-refractivity contribution in [2.45, 2.75) is 32.2 Å². The molecule has 0 spiro atoms. The van der Waals surface area contributed by atoms with Gasteiger partial charge in [-0.15, -0.1) is 0 Å². The fraction of sp³-hybridized carbons (Fsp3) is 0.875. The molecule has 11 heavy (non-hydrogen) atoms. The highest BCUT2D eigenvalue weighted by molar-refractivity contribution is 9.09. The van der Waals surface area contributed by atoms with Crippen molar-refractivity contribution in [3.63, 3.8) is 0 Å². The minimum atomic E-state index is 0.179. The standard InChI is InChI=1S/C8H14BrNO/c1-6-4-7(5-6)10-8(11)2-3-9/h6-7H,2-5H2,1H3,(H,10,11). The maximum absolute atomic E-state index is 11.0. The van der Waals surface area contributed by atoms with Crippen LogP contribution in [-0.4, -0.2) is 17.3 Å². The van der Waals surface area contributed by atoms with E-state index in [0.717, 1.165) is 24.1 Å². The van der Waals surface area contributed by atoms with Crippen LogP contribution in [0.25, 0.3) is 0 Å². The van der Waals surface area contributed by atoms with Crippen molar-refractivity contribution in [2.24, 2.45) is 5.92 Å². The molecule has 1 aliphatic rings. The van der Waals surface area contributed by atoms with E-state index in [4.69, 9.17) is 0 Å². The second kappa shape index (κ2) is 4.10. The number of nitrogens with one attached hydrogen (secondary N) is 1. The van der Waals surface area contributed by atoms with Gasteiger partial charge in [0.2, 0.25) is 5.91 Å². The van der Waals surface area contributed by atoms with Crippen LogP contribution in [0.15, 0.2) is 0 Å². The Balaban J connectivity index is 2.07. The summed E-state index contributed by atoms with van der Waals surface area (Å²) in [6.07, 6.45) is 2.92. The lowest BCUT2D eigenvalue weighted by atomic mass is 9.82. The molecular formula is C8H14BrNO. The third-order valence-electron chi connectivity index (χ3n) is 2.06. The smallest absolute Gasteiger partial charge is 0.221 e. The lowest BCUT2D eigenvalue weighted by Crippen LogP contribution is -2.43. The van der Waals surface area contributed by atoms with Crippen molar-refractivity contribution in [1.29, 1.82) is 0 Å². The monoisotopic (exact) mass is 219 g/mol. The molecule has 1 rings (SSSR count). The molecule has 1 N–H and O–H groups in total. The zero-order valence-corrected chi connectivity index (χ0v) is 8.36. The Morgan fingerprint density at radius 2 is 2.27 bits per heavy atom. The molecule has 3 heteroatoms. The molecule has 0 aliphatic heterocycles. The predicted octanol–water partition coefficient (Wildman–Crippen LogP) is 1.69. The SMILES string of the molecule is CC1CC(NC(=O)CCBr)C1. The summed E-state index contributed by atoms with van der Waals surface area (Å²) in [6.45, 7) is 2.22. The highest BCUT2D eigenvalue weighted by Crippen LogP contribution is 2.26. The summed E-state index contributed by atoms with van der Waals surface area (Å²) >= 11 is 3.23. The third-order valence-corrected chi connectivity index (χ3v) is 2.46. The van der Waals surface area contributed by atoms with Gasteiger partial charge in [0.15, 0.2) is 0 Å². The zero-order valence-electron chi connectivity index (χ0n) is 6.77. The van der Waals surface area contributed by atoms with E-state index in [1.54, 1.807) is 0 Å². The maximum Gasteiger partial charge on any atom is 0.221 e. The van der Waals surface area contributed by atoms with Gasteiger partial charge in [-0.3, -0.25) is 4.79 Å². The molecule has 0 aromatic heterocycles. The third kappa shape index (κ3) is 2.81. The van der Waals surface area contributed by atoms with Gasteiger partial charge in [0.25, 0.3) is 0 Å². The zero-order chi connectivity index (χ0) is 8.27. The number of rotatable bonds is 3. The summed E-state index contributed by atoms with van der Waals surface area (Å²) in [5.41, 5.74) is 0. The molecule has 0 bridgehead atoms. The van der Waals surface area contributed by atoms with Gasteiger partial charge < -0.3 is 5.32 Å². The van der Waals surface area contributed by atoms with E-state index in [0.29, 0.717) is 12.5 Å². The average Bonchev–Trinajstić information content (AvgIpc) is 1.85. The minimum Gasteiger partial charge on any atom is -0.353 e. The summed E-state index contributed by atoms with van der Waals surface area (Å²) < 4.78 is 0. The van der Waals surface area contributed by atoms with Gasteiger partial charge >= 0.3 is 0 Å². The van der Waals surface area contributed by atoms with Crippen molar-refractivity contribution in [2.75, 3.05) is 5.33 Å². The Labute approximate surface area is 75.9 Å². The van der Waals surface area contributed by atoms with E-state index in [1.165, 1.54) is 0 Å². The Kier molecular flexibility index (Phi) is 3.37. The van der Waals surface area contributed by atoms with E-state index in [1.807, 2.05) is 0 Å². The molecule has 2 nitrogen and oxygen atoms in total. The lowest BCUT2D eigenvalue weighted by Gasteiger charge is -2.33. The van der Waals surface area contributed by atoms with Crippen LogP contribution in [0.1, 0.15) is 26.2 Å². The van der Waals surface area contributed by atoms with Crippen LogP contribution in [0.3, 0.4) is 0 Å². The molecule has 1 aliphatic carbocycles. The highest BCUT2D eigenvalue weighted by Gasteiger charge is 2.25. The van der Waals surface area contributed by atoms with Gasteiger partial charge in [-0.05, 0) is 18.8 Å². The largest absolute Gasteiger partial charge is 0.353 e. The number of carbonyl (C=O) groups is 1. The molecule has 0 aromatic rings. The first kappa shape index (κ1) is 9.04. The fourth-order valence-corrected chi connectivity index (χ4v) is 1.77. The minimum absolute atomic E-state index is 0.179. The van der Waals surface area contributed by atoms with Crippen LogP contribution in [0, 0.1) is 5.92 Å². The predicted molar refractivity (Wildman–Crippen MR) is 48.7 cm³/mol. The lowest BCUT2D eigenvalue weighted by molar-refractivity contribution is -0.122. The number of hydrogen-bond donors (Lipinski definition) is 1. The Hall–Kier alpha value is -0.0500. The second-order valence-corrected chi connectivity index (χ2v) is 4.07. The Bertz CT molecular complexity index is 143. The molecule has 1 amide bonds.